The fraction of sp³-hybridized carbons (Fsp3) is 0.571. The van der Waals surface area contributed by atoms with Gasteiger partial charge in [0, 0.05) is 6.54 Å². The summed E-state index contributed by atoms with van der Waals surface area (Å²) in [5.41, 5.74) is 2.95. The van der Waals surface area contributed by atoms with Crippen LogP contribution >= 0.6 is 11.8 Å². The van der Waals surface area contributed by atoms with Crippen LogP contribution in [0.15, 0.2) is 24.3 Å². The molecule has 2 rings (SSSR count). The van der Waals surface area contributed by atoms with Crippen LogP contribution in [0.25, 0.3) is 0 Å². The molecule has 1 atom stereocenters. The molecule has 1 saturated heterocycles. The monoisotopic (exact) mass is 235 g/mol. The lowest BCUT2D eigenvalue weighted by molar-refractivity contribution is 0.522. The van der Waals surface area contributed by atoms with Gasteiger partial charge in [-0.15, -0.1) is 0 Å². The van der Waals surface area contributed by atoms with Crippen molar-refractivity contribution in [3.05, 3.63) is 35.4 Å². The highest BCUT2D eigenvalue weighted by molar-refractivity contribution is 7.99. The lowest BCUT2D eigenvalue weighted by atomic mass is 10.0. The fourth-order valence-corrected chi connectivity index (χ4v) is 3.51. The number of rotatable bonds is 5. The fourth-order valence-electron chi connectivity index (χ4n) is 2.23. The van der Waals surface area contributed by atoms with Gasteiger partial charge in [-0.1, -0.05) is 31.2 Å². The van der Waals surface area contributed by atoms with E-state index >= 15 is 0 Å². The molecule has 0 radical (unpaired) electrons. The standard InChI is InChI=1S/C14H21NS/c1-2-13-5-3-4-6-14(13)10-15-9-12-7-8-16-11-12/h3-6,12,15H,2,7-11H2,1H3. The average molecular weight is 235 g/mol. The molecular formula is C14H21NS. The smallest absolute Gasteiger partial charge is 0.0208 e. The highest BCUT2D eigenvalue weighted by Crippen LogP contribution is 2.22. The Kier molecular flexibility index (Phi) is 4.73. The Bertz CT molecular complexity index is 318. The van der Waals surface area contributed by atoms with Gasteiger partial charge in [0.25, 0.3) is 0 Å². The van der Waals surface area contributed by atoms with Gasteiger partial charge in [-0.3, -0.25) is 0 Å². The highest BCUT2D eigenvalue weighted by Gasteiger charge is 2.14. The zero-order valence-corrected chi connectivity index (χ0v) is 10.9. The molecular weight excluding hydrogens is 214 g/mol. The van der Waals surface area contributed by atoms with Crippen molar-refractivity contribution in [3.63, 3.8) is 0 Å². The van der Waals surface area contributed by atoms with E-state index < -0.39 is 0 Å². The van der Waals surface area contributed by atoms with Crippen molar-refractivity contribution in [2.24, 2.45) is 5.92 Å². The molecule has 88 valence electrons. The maximum atomic E-state index is 3.60. The lowest BCUT2D eigenvalue weighted by Crippen LogP contribution is -2.22. The predicted octanol–water partition coefficient (Wildman–Crippen LogP) is 3.09. The van der Waals surface area contributed by atoms with Crippen LogP contribution in [0.1, 0.15) is 24.5 Å². The van der Waals surface area contributed by atoms with Crippen molar-refractivity contribution in [3.8, 4) is 0 Å². The first kappa shape index (κ1) is 12.0. The van der Waals surface area contributed by atoms with E-state index in [4.69, 9.17) is 0 Å². The Morgan fingerprint density at radius 3 is 2.81 bits per heavy atom. The summed E-state index contributed by atoms with van der Waals surface area (Å²) in [4.78, 5) is 0. The molecule has 1 fully saturated rings. The first-order valence-electron chi connectivity index (χ1n) is 6.25. The van der Waals surface area contributed by atoms with Crippen LogP contribution in [0, 0.1) is 5.92 Å². The normalized spacial score (nSPS) is 20.2. The summed E-state index contributed by atoms with van der Waals surface area (Å²) >= 11 is 2.10. The van der Waals surface area contributed by atoms with E-state index in [2.05, 4.69) is 48.3 Å². The summed E-state index contributed by atoms with van der Waals surface area (Å²) in [6.07, 6.45) is 2.53. The van der Waals surface area contributed by atoms with Crippen molar-refractivity contribution < 1.29 is 0 Å². The van der Waals surface area contributed by atoms with Gasteiger partial charge in [0.15, 0.2) is 0 Å². The van der Waals surface area contributed by atoms with E-state index in [9.17, 15) is 0 Å². The van der Waals surface area contributed by atoms with Crippen LogP contribution in [-0.4, -0.2) is 18.1 Å². The third-order valence-corrected chi connectivity index (χ3v) is 4.50. The number of benzene rings is 1. The summed E-state index contributed by atoms with van der Waals surface area (Å²) in [6, 6.07) is 8.76. The number of hydrogen-bond acceptors (Lipinski definition) is 2. The van der Waals surface area contributed by atoms with Crippen molar-refractivity contribution in [1.29, 1.82) is 0 Å². The number of thioether (sulfide) groups is 1. The van der Waals surface area contributed by atoms with Gasteiger partial charge in [0.05, 0.1) is 0 Å². The van der Waals surface area contributed by atoms with Gasteiger partial charge in [0.1, 0.15) is 0 Å². The number of nitrogens with one attached hydrogen (secondary N) is 1. The average Bonchev–Trinajstić information content (AvgIpc) is 2.83. The van der Waals surface area contributed by atoms with Crippen molar-refractivity contribution in [1.82, 2.24) is 5.32 Å². The molecule has 0 aromatic heterocycles. The molecule has 1 aliphatic heterocycles. The van der Waals surface area contributed by atoms with Crippen molar-refractivity contribution in [2.75, 3.05) is 18.1 Å². The third-order valence-electron chi connectivity index (χ3n) is 3.27. The Morgan fingerprint density at radius 2 is 2.12 bits per heavy atom. The molecule has 1 heterocycles. The summed E-state index contributed by atoms with van der Waals surface area (Å²) < 4.78 is 0. The maximum absolute atomic E-state index is 3.60. The van der Waals surface area contributed by atoms with E-state index in [1.165, 1.54) is 35.6 Å². The number of hydrogen-bond donors (Lipinski definition) is 1. The largest absolute Gasteiger partial charge is 0.312 e. The molecule has 0 aliphatic carbocycles. The summed E-state index contributed by atoms with van der Waals surface area (Å²) in [7, 11) is 0. The second-order valence-electron chi connectivity index (χ2n) is 4.48. The molecule has 0 saturated carbocycles. The molecule has 1 N–H and O–H groups in total. The highest BCUT2D eigenvalue weighted by atomic mass is 32.2. The van der Waals surface area contributed by atoms with Crippen LogP contribution in [0.3, 0.4) is 0 Å². The molecule has 1 aromatic carbocycles. The van der Waals surface area contributed by atoms with E-state index in [1.807, 2.05) is 0 Å². The van der Waals surface area contributed by atoms with E-state index in [0.717, 1.165) is 18.9 Å². The molecule has 0 amide bonds. The quantitative estimate of drug-likeness (QED) is 0.841. The summed E-state index contributed by atoms with van der Waals surface area (Å²) in [5, 5.41) is 3.60. The molecule has 1 aromatic rings. The van der Waals surface area contributed by atoms with Crippen molar-refractivity contribution >= 4 is 11.8 Å². The molecule has 0 bridgehead atoms. The Hall–Kier alpha value is -0.470. The van der Waals surface area contributed by atoms with E-state index in [-0.39, 0.29) is 0 Å². The van der Waals surface area contributed by atoms with Crippen LogP contribution in [0.4, 0.5) is 0 Å². The van der Waals surface area contributed by atoms with E-state index in [0.29, 0.717) is 0 Å². The minimum atomic E-state index is 0.902. The van der Waals surface area contributed by atoms with E-state index in [1.54, 1.807) is 0 Å². The molecule has 2 heteroatoms. The topological polar surface area (TPSA) is 12.0 Å². The van der Waals surface area contributed by atoms with Gasteiger partial charge < -0.3 is 5.32 Å². The maximum Gasteiger partial charge on any atom is 0.0208 e. The number of aryl methyl sites for hydroxylation is 1. The van der Waals surface area contributed by atoms with Crippen molar-refractivity contribution in [2.45, 2.75) is 26.3 Å². The van der Waals surface area contributed by atoms with Crippen LogP contribution in [0.2, 0.25) is 0 Å². The van der Waals surface area contributed by atoms with Gasteiger partial charge >= 0.3 is 0 Å². The molecule has 16 heavy (non-hydrogen) atoms. The zero-order valence-electron chi connectivity index (χ0n) is 10.0. The summed E-state index contributed by atoms with van der Waals surface area (Å²) in [5.74, 6) is 3.61. The van der Waals surface area contributed by atoms with Gasteiger partial charge in [0.2, 0.25) is 0 Å². The Labute approximate surface area is 103 Å². The minimum Gasteiger partial charge on any atom is -0.312 e. The van der Waals surface area contributed by atoms with Crippen LogP contribution in [-0.2, 0) is 13.0 Å². The predicted molar refractivity (Wildman–Crippen MR) is 73.0 cm³/mol. The third kappa shape index (κ3) is 3.26. The van der Waals surface area contributed by atoms with Crippen LogP contribution in [0.5, 0.6) is 0 Å². The molecule has 1 unspecified atom stereocenters. The first-order chi connectivity index (χ1) is 7.90. The molecule has 1 nitrogen and oxygen atoms in total. The zero-order chi connectivity index (χ0) is 11.2. The van der Waals surface area contributed by atoms with Gasteiger partial charge in [-0.05, 0) is 47.9 Å². The van der Waals surface area contributed by atoms with Crippen LogP contribution < -0.4 is 5.32 Å². The SMILES string of the molecule is CCc1ccccc1CNCC1CCSC1. The Balaban J connectivity index is 1.79. The second kappa shape index (κ2) is 6.31. The summed E-state index contributed by atoms with van der Waals surface area (Å²) in [6.45, 7) is 4.45. The lowest BCUT2D eigenvalue weighted by Gasteiger charge is -2.12. The minimum absolute atomic E-state index is 0.902. The molecule has 1 aliphatic rings. The van der Waals surface area contributed by atoms with Gasteiger partial charge in [-0.25, -0.2) is 0 Å². The second-order valence-corrected chi connectivity index (χ2v) is 5.63. The first-order valence-corrected chi connectivity index (χ1v) is 7.41. The Morgan fingerprint density at radius 1 is 1.31 bits per heavy atom. The molecule has 0 spiro atoms. The van der Waals surface area contributed by atoms with Gasteiger partial charge in [-0.2, -0.15) is 11.8 Å².